The van der Waals surface area contributed by atoms with E-state index < -0.39 is 13.0 Å². The molecule has 0 aliphatic carbocycles. The molecule has 0 unspecified atom stereocenters. The smallest absolute Gasteiger partial charge is 0.255 e. The van der Waals surface area contributed by atoms with Crippen LogP contribution in [0.2, 0.25) is 5.02 Å². The molecule has 0 bridgehead atoms. The summed E-state index contributed by atoms with van der Waals surface area (Å²) in [6, 6.07) is 0. The molecule has 1 rings (SSSR count). The van der Waals surface area contributed by atoms with Gasteiger partial charge in [0.15, 0.2) is 5.82 Å². The van der Waals surface area contributed by atoms with Gasteiger partial charge in [-0.2, -0.15) is 0 Å². The van der Waals surface area contributed by atoms with Crippen LogP contribution in [0.4, 0.5) is 14.6 Å². The van der Waals surface area contributed by atoms with E-state index in [0.29, 0.717) is 0 Å². The van der Waals surface area contributed by atoms with Crippen LogP contribution in [-0.2, 0) is 0 Å². The molecule has 0 aromatic carbocycles. The van der Waals surface area contributed by atoms with Crippen molar-refractivity contribution in [2.45, 2.75) is 6.43 Å². The minimum atomic E-state index is -2.46. The van der Waals surface area contributed by atoms with Crippen LogP contribution >= 0.6 is 23.2 Å². The van der Waals surface area contributed by atoms with Crippen molar-refractivity contribution in [3.05, 3.63) is 17.5 Å². The lowest BCUT2D eigenvalue weighted by Crippen LogP contribution is -2.31. The maximum absolute atomic E-state index is 12.3. The standard InChI is InChI=1S/C8H9Cl2F2N3/c9-1-2-15(4-7(11)12)8-6(10)3-13-5-14-8/h3,5,7H,1-2,4H2. The number of anilines is 1. The van der Waals surface area contributed by atoms with Crippen molar-refractivity contribution in [1.82, 2.24) is 9.97 Å². The van der Waals surface area contributed by atoms with Crippen LogP contribution in [0.1, 0.15) is 0 Å². The largest absolute Gasteiger partial charge is 0.348 e. The predicted molar refractivity (Wildman–Crippen MR) is 56.0 cm³/mol. The summed E-state index contributed by atoms with van der Waals surface area (Å²) in [5.74, 6) is 0.514. The summed E-state index contributed by atoms with van der Waals surface area (Å²) >= 11 is 11.3. The van der Waals surface area contributed by atoms with Gasteiger partial charge in [0.2, 0.25) is 0 Å². The van der Waals surface area contributed by atoms with E-state index >= 15 is 0 Å². The summed E-state index contributed by atoms with van der Waals surface area (Å²) in [5.41, 5.74) is 0. The van der Waals surface area contributed by atoms with Gasteiger partial charge in [0, 0.05) is 12.4 Å². The average Bonchev–Trinajstić information content (AvgIpc) is 2.17. The molecular formula is C8H9Cl2F2N3. The second kappa shape index (κ2) is 6.02. The lowest BCUT2D eigenvalue weighted by Gasteiger charge is -2.22. The van der Waals surface area contributed by atoms with Crippen LogP contribution in [0.5, 0.6) is 0 Å². The minimum Gasteiger partial charge on any atom is -0.348 e. The normalized spacial score (nSPS) is 10.7. The van der Waals surface area contributed by atoms with Gasteiger partial charge < -0.3 is 4.90 Å². The second-order valence-corrected chi connectivity index (χ2v) is 3.51. The maximum Gasteiger partial charge on any atom is 0.255 e. The predicted octanol–water partition coefficient (Wildman–Crippen LogP) is 2.44. The van der Waals surface area contributed by atoms with Crippen LogP contribution in [0, 0.1) is 0 Å². The van der Waals surface area contributed by atoms with Gasteiger partial charge in [-0.05, 0) is 0 Å². The third-order valence-corrected chi connectivity index (χ3v) is 2.10. The Labute approximate surface area is 96.0 Å². The Kier molecular flexibility index (Phi) is 4.98. The molecule has 84 valence electrons. The van der Waals surface area contributed by atoms with Crippen LogP contribution in [0.15, 0.2) is 12.5 Å². The molecule has 0 atom stereocenters. The first-order chi connectivity index (χ1) is 7.15. The fraction of sp³-hybridized carbons (Fsp3) is 0.500. The fourth-order valence-corrected chi connectivity index (χ4v) is 1.52. The average molecular weight is 256 g/mol. The van der Waals surface area contributed by atoms with E-state index in [9.17, 15) is 8.78 Å². The van der Waals surface area contributed by atoms with Crippen LogP contribution in [0.25, 0.3) is 0 Å². The van der Waals surface area contributed by atoms with Gasteiger partial charge in [-0.3, -0.25) is 0 Å². The van der Waals surface area contributed by atoms with E-state index in [2.05, 4.69) is 9.97 Å². The number of hydrogen-bond donors (Lipinski definition) is 0. The van der Waals surface area contributed by atoms with E-state index in [-0.39, 0.29) is 23.3 Å². The number of hydrogen-bond acceptors (Lipinski definition) is 3. The molecule has 0 radical (unpaired) electrons. The summed E-state index contributed by atoms with van der Waals surface area (Å²) in [6.45, 7) is -0.175. The van der Waals surface area contributed by atoms with Crippen molar-refractivity contribution in [3.8, 4) is 0 Å². The first-order valence-corrected chi connectivity index (χ1v) is 5.11. The summed E-state index contributed by atoms with van der Waals surface area (Å²) in [5, 5.41) is 0.239. The molecule has 0 aliphatic heterocycles. The Morgan fingerprint density at radius 2 is 2.20 bits per heavy atom. The first kappa shape index (κ1) is 12.4. The zero-order valence-corrected chi connectivity index (χ0v) is 9.22. The molecule has 1 heterocycles. The Hall–Kier alpha value is -0.680. The SMILES string of the molecule is FC(F)CN(CCCl)c1ncncc1Cl. The molecule has 0 amide bonds. The quantitative estimate of drug-likeness (QED) is 0.757. The minimum absolute atomic E-state index is 0.229. The fourth-order valence-electron chi connectivity index (χ4n) is 1.09. The molecule has 1 aromatic rings. The van der Waals surface area contributed by atoms with Crippen LogP contribution < -0.4 is 4.90 Å². The Balaban J connectivity index is 2.83. The highest BCUT2D eigenvalue weighted by molar-refractivity contribution is 6.32. The highest BCUT2D eigenvalue weighted by atomic mass is 35.5. The number of halogens is 4. The summed E-state index contributed by atoms with van der Waals surface area (Å²) in [6.07, 6.45) is 0.157. The van der Waals surface area contributed by atoms with E-state index in [0.717, 1.165) is 0 Å². The monoisotopic (exact) mass is 255 g/mol. The molecule has 0 fully saturated rings. The van der Waals surface area contributed by atoms with Gasteiger partial charge in [-0.25, -0.2) is 18.7 Å². The molecule has 15 heavy (non-hydrogen) atoms. The molecule has 0 N–H and O–H groups in total. The molecule has 3 nitrogen and oxygen atoms in total. The third-order valence-electron chi connectivity index (χ3n) is 1.66. The van der Waals surface area contributed by atoms with Crippen molar-refractivity contribution in [2.24, 2.45) is 0 Å². The number of aromatic nitrogens is 2. The van der Waals surface area contributed by atoms with Crippen molar-refractivity contribution in [3.63, 3.8) is 0 Å². The van der Waals surface area contributed by atoms with Crippen molar-refractivity contribution in [1.29, 1.82) is 0 Å². The molecule has 0 saturated carbocycles. The summed E-state index contributed by atoms with van der Waals surface area (Å²) < 4.78 is 24.5. The van der Waals surface area contributed by atoms with E-state index in [1.54, 1.807) is 0 Å². The Morgan fingerprint density at radius 1 is 1.47 bits per heavy atom. The van der Waals surface area contributed by atoms with Gasteiger partial charge >= 0.3 is 0 Å². The first-order valence-electron chi connectivity index (χ1n) is 4.19. The third kappa shape index (κ3) is 3.76. The molecule has 1 aromatic heterocycles. The Bertz CT molecular complexity index is 312. The molecule has 0 aliphatic rings. The lowest BCUT2D eigenvalue weighted by atomic mass is 10.4. The number of nitrogens with zero attached hydrogens (tertiary/aromatic N) is 3. The zero-order valence-electron chi connectivity index (χ0n) is 7.71. The topological polar surface area (TPSA) is 29.0 Å². The van der Waals surface area contributed by atoms with Crippen molar-refractivity contribution >= 4 is 29.0 Å². The summed E-state index contributed by atoms with van der Waals surface area (Å²) in [7, 11) is 0. The van der Waals surface area contributed by atoms with Crippen LogP contribution in [-0.4, -0.2) is 35.4 Å². The van der Waals surface area contributed by atoms with Crippen LogP contribution in [0.3, 0.4) is 0 Å². The molecule has 7 heteroatoms. The van der Waals surface area contributed by atoms with E-state index in [1.807, 2.05) is 0 Å². The highest BCUT2D eigenvalue weighted by Gasteiger charge is 2.15. The Morgan fingerprint density at radius 3 is 2.73 bits per heavy atom. The number of rotatable bonds is 5. The summed E-state index contributed by atoms with van der Waals surface area (Å²) in [4.78, 5) is 8.85. The van der Waals surface area contributed by atoms with Crippen molar-refractivity contribution < 1.29 is 8.78 Å². The van der Waals surface area contributed by atoms with Gasteiger partial charge in [0.05, 0.1) is 12.7 Å². The second-order valence-electron chi connectivity index (χ2n) is 2.72. The van der Waals surface area contributed by atoms with Crippen molar-refractivity contribution in [2.75, 3.05) is 23.9 Å². The van der Waals surface area contributed by atoms with Gasteiger partial charge in [0.25, 0.3) is 6.43 Å². The van der Waals surface area contributed by atoms with Gasteiger partial charge in [0.1, 0.15) is 11.3 Å². The molecule has 0 spiro atoms. The maximum atomic E-state index is 12.3. The van der Waals surface area contributed by atoms with E-state index in [1.165, 1.54) is 17.4 Å². The number of alkyl halides is 3. The molecule has 0 saturated heterocycles. The van der Waals surface area contributed by atoms with Gasteiger partial charge in [-0.1, -0.05) is 11.6 Å². The van der Waals surface area contributed by atoms with E-state index in [4.69, 9.17) is 23.2 Å². The lowest BCUT2D eigenvalue weighted by molar-refractivity contribution is 0.155. The zero-order chi connectivity index (χ0) is 11.3. The van der Waals surface area contributed by atoms with Gasteiger partial charge in [-0.15, -0.1) is 11.6 Å². The highest BCUT2D eigenvalue weighted by Crippen LogP contribution is 2.21. The molecular weight excluding hydrogens is 247 g/mol.